The van der Waals surface area contributed by atoms with Gasteiger partial charge in [-0.25, -0.2) is 0 Å². The molecule has 1 aromatic carbocycles. The van der Waals surface area contributed by atoms with Crippen LogP contribution < -0.4 is 9.47 Å². The average molecular weight is 515 g/mol. The molecule has 1 saturated heterocycles. The standard InChI is InChI=1S/C29H42N2O6/c1-2-34-29-23(9-6-16-32)24(22-7-4-3-5-8-22)18-27(37-29)28(33)31-14-12-30(13-15-31)19-21-10-11-25-26(17-21)36-20-35-25/h10-11,17-18,22-24,29,32H,2-9,12-16,19-20H2,1H3/t23-,24+,29+/m0/s1. The Labute approximate surface area is 220 Å². The number of amides is 1. The fraction of sp³-hybridized carbons (Fsp3) is 0.690. The number of allylic oxidation sites excluding steroid dienone is 1. The molecule has 1 aromatic rings. The molecule has 3 heterocycles. The van der Waals surface area contributed by atoms with E-state index in [1.54, 1.807) is 0 Å². The maximum atomic E-state index is 13.6. The van der Waals surface area contributed by atoms with E-state index in [4.69, 9.17) is 18.9 Å². The summed E-state index contributed by atoms with van der Waals surface area (Å²) in [6, 6.07) is 6.10. The molecule has 37 heavy (non-hydrogen) atoms. The highest BCUT2D eigenvalue weighted by Gasteiger charge is 2.41. The molecule has 4 aliphatic rings. The molecular formula is C29H42N2O6. The first-order chi connectivity index (χ1) is 18.2. The Morgan fingerprint density at radius 3 is 2.62 bits per heavy atom. The van der Waals surface area contributed by atoms with Gasteiger partial charge >= 0.3 is 0 Å². The second-order valence-electron chi connectivity index (χ2n) is 10.7. The van der Waals surface area contributed by atoms with Crippen LogP contribution in [0.25, 0.3) is 0 Å². The van der Waals surface area contributed by atoms with Crippen molar-refractivity contribution in [3.8, 4) is 11.5 Å². The highest BCUT2D eigenvalue weighted by atomic mass is 16.7. The molecule has 0 unspecified atom stereocenters. The fourth-order valence-corrected chi connectivity index (χ4v) is 6.40. The van der Waals surface area contributed by atoms with Gasteiger partial charge in [-0.2, -0.15) is 0 Å². The van der Waals surface area contributed by atoms with Gasteiger partial charge in [0.1, 0.15) is 0 Å². The number of hydrogen-bond donors (Lipinski definition) is 1. The van der Waals surface area contributed by atoms with E-state index < -0.39 is 6.29 Å². The van der Waals surface area contributed by atoms with Crippen molar-refractivity contribution in [1.82, 2.24) is 9.80 Å². The molecule has 1 aliphatic carbocycles. The molecule has 3 atom stereocenters. The summed E-state index contributed by atoms with van der Waals surface area (Å²) < 4.78 is 23.3. The molecular weight excluding hydrogens is 472 g/mol. The van der Waals surface area contributed by atoms with E-state index in [9.17, 15) is 9.90 Å². The number of ether oxygens (including phenoxy) is 4. The zero-order chi connectivity index (χ0) is 25.6. The lowest BCUT2D eigenvalue weighted by atomic mass is 9.71. The van der Waals surface area contributed by atoms with Crippen molar-refractivity contribution < 1.29 is 28.8 Å². The van der Waals surface area contributed by atoms with Gasteiger partial charge in [-0.15, -0.1) is 0 Å². The van der Waals surface area contributed by atoms with Crippen molar-refractivity contribution in [3.63, 3.8) is 0 Å². The minimum absolute atomic E-state index is 0.0196. The SMILES string of the molecule is CCO[C@@H]1OC(C(=O)N2CCN(Cc3ccc4c(c3)OCO4)CC2)=C[C@H](C2CCCCC2)[C@@H]1CCCO. The van der Waals surface area contributed by atoms with Gasteiger partial charge in [0.15, 0.2) is 17.3 Å². The third kappa shape index (κ3) is 6.24. The highest BCUT2D eigenvalue weighted by Crippen LogP contribution is 2.42. The number of hydrogen-bond acceptors (Lipinski definition) is 7. The highest BCUT2D eigenvalue weighted by molar-refractivity contribution is 5.91. The molecule has 0 radical (unpaired) electrons. The van der Waals surface area contributed by atoms with E-state index in [1.807, 2.05) is 24.0 Å². The van der Waals surface area contributed by atoms with Gasteiger partial charge in [-0.05, 0) is 68.2 Å². The minimum atomic E-state index is -0.431. The van der Waals surface area contributed by atoms with Crippen LogP contribution in [0.4, 0.5) is 0 Å². The monoisotopic (exact) mass is 514 g/mol. The third-order valence-electron chi connectivity index (χ3n) is 8.37. The van der Waals surface area contributed by atoms with E-state index in [0.29, 0.717) is 31.4 Å². The number of benzene rings is 1. The van der Waals surface area contributed by atoms with E-state index in [1.165, 1.54) is 37.7 Å². The minimum Gasteiger partial charge on any atom is -0.459 e. The van der Waals surface area contributed by atoms with Crippen molar-refractivity contribution in [2.75, 3.05) is 46.2 Å². The van der Waals surface area contributed by atoms with Gasteiger partial charge in [0.05, 0.1) is 0 Å². The van der Waals surface area contributed by atoms with Crippen molar-refractivity contribution in [1.29, 1.82) is 0 Å². The number of piperazine rings is 1. The lowest BCUT2D eigenvalue weighted by molar-refractivity contribution is -0.180. The Bertz CT molecular complexity index is 938. The summed E-state index contributed by atoms with van der Waals surface area (Å²) in [5.74, 6) is 3.02. The third-order valence-corrected chi connectivity index (χ3v) is 8.37. The summed E-state index contributed by atoms with van der Waals surface area (Å²) in [6.07, 6.45) is 9.43. The van der Waals surface area contributed by atoms with Crippen LogP contribution in [0.1, 0.15) is 57.4 Å². The zero-order valence-corrected chi connectivity index (χ0v) is 22.1. The quantitative estimate of drug-likeness (QED) is 0.535. The first-order valence-electron chi connectivity index (χ1n) is 14.2. The van der Waals surface area contributed by atoms with Crippen LogP contribution in [0.5, 0.6) is 11.5 Å². The summed E-state index contributed by atoms with van der Waals surface area (Å²) in [7, 11) is 0. The molecule has 8 nitrogen and oxygen atoms in total. The predicted octanol–water partition coefficient (Wildman–Crippen LogP) is 3.92. The van der Waals surface area contributed by atoms with Crippen molar-refractivity contribution >= 4 is 5.91 Å². The second kappa shape index (κ2) is 12.5. The molecule has 2 fully saturated rings. The van der Waals surface area contributed by atoms with Gasteiger partial charge in [-0.3, -0.25) is 9.69 Å². The topological polar surface area (TPSA) is 80.7 Å². The summed E-state index contributed by atoms with van der Waals surface area (Å²) in [5, 5.41) is 9.50. The summed E-state index contributed by atoms with van der Waals surface area (Å²) >= 11 is 0. The summed E-state index contributed by atoms with van der Waals surface area (Å²) in [6.45, 7) is 6.75. The van der Waals surface area contributed by atoms with Crippen LogP contribution in [0.15, 0.2) is 30.0 Å². The molecule has 1 N–H and O–H groups in total. The summed E-state index contributed by atoms with van der Waals surface area (Å²) in [5.41, 5.74) is 1.19. The van der Waals surface area contributed by atoms with E-state index in [2.05, 4.69) is 17.0 Å². The van der Waals surface area contributed by atoms with Gasteiger partial charge in [0.25, 0.3) is 5.91 Å². The number of carbonyl (C=O) groups excluding carboxylic acids is 1. The first-order valence-corrected chi connectivity index (χ1v) is 14.2. The van der Waals surface area contributed by atoms with Crippen molar-refractivity contribution in [2.24, 2.45) is 17.8 Å². The Kier molecular flexibility index (Phi) is 8.89. The summed E-state index contributed by atoms with van der Waals surface area (Å²) in [4.78, 5) is 17.9. The Hall–Kier alpha value is -2.29. The first kappa shape index (κ1) is 26.3. The Morgan fingerprint density at radius 1 is 1.08 bits per heavy atom. The molecule has 204 valence electrons. The van der Waals surface area contributed by atoms with Crippen molar-refractivity contribution in [3.05, 3.63) is 35.6 Å². The number of aliphatic hydroxyl groups is 1. The molecule has 0 bridgehead atoms. The number of carbonyl (C=O) groups is 1. The molecule has 5 rings (SSSR count). The lowest BCUT2D eigenvalue weighted by Gasteiger charge is -2.42. The molecule has 0 aromatic heterocycles. The van der Waals surface area contributed by atoms with Crippen LogP contribution in [0.2, 0.25) is 0 Å². The normalized spacial score (nSPS) is 26.6. The number of nitrogens with zero attached hydrogens (tertiary/aromatic N) is 2. The molecule has 1 amide bonds. The Morgan fingerprint density at radius 2 is 1.86 bits per heavy atom. The predicted molar refractivity (Wildman–Crippen MR) is 139 cm³/mol. The van der Waals surface area contributed by atoms with E-state index in [0.717, 1.165) is 44.0 Å². The molecule has 3 aliphatic heterocycles. The maximum absolute atomic E-state index is 13.6. The van der Waals surface area contributed by atoms with E-state index in [-0.39, 0.29) is 31.1 Å². The fourth-order valence-electron chi connectivity index (χ4n) is 6.40. The van der Waals surface area contributed by atoms with Crippen molar-refractivity contribution in [2.45, 2.75) is 64.7 Å². The van der Waals surface area contributed by atoms with Crippen LogP contribution in [-0.2, 0) is 20.8 Å². The van der Waals surface area contributed by atoms with E-state index >= 15 is 0 Å². The molecule has 8 heteroatoms. The van der Waals surface area contributed by atoms with Crippen LogP contribution in [0, 0.1) is 17.8 Å². The molecule has 1 saturated carbocycles. The zero-order valence-electron chi connectivity index (χ0n) is 22.1. The molecule has 0 spiro atoms. The second-order valence-corrected chi connectivity index (χ2v) is 10.7. The number of aliphatic hydroxyl groups excluding tert-OH is 1. The Balaban J connectivity index is 1.24. The number of fused-ring (bicyclic) bond motifs is 1. The van der Waals surface area contributed by atoms with Gasteiger partial charge in [0.2, 0.25) is 13.1 Å². The van der Waals surface area contributed by atoms with Gasteiger partial charge in [-0.1, -0.05) is 25.3 Å². The van der Waals surface area contributed by atoms with Crippen LogP contribution in [-0.4, -0.2) is 73.3 Å². The lowest BCUT2D eigenvalue weighted by Crippen LogP contribution is -2.50. The smallest absolute Gasteiger partial charge is 0.288 e. The average Bonchev–Trinajstić information content (AvgIpc) is 3.41. The number of rotatable bonds is 9. The van der Waals surface area contributed by atoms with Gasteiger partial charge in [0, 0.05) is 51.9 Å². The van der Waals surface area contributed by atoms with Crippen LogP contribution >= 0.6 is 0 Å². The largest absolute Gasteiger partial charge is 0.459 e. The van der Waals surface area contributed by atoms with Crippen LogP contribution in [0.3, 0.4) is 0 Å². The van der Waals surface area contributed by atoms with Gasteiger partial charge < -0.3 is 29.0 Å². The maximum Gasteiger partial charge on any atom is 0.288 e.